The maximum atomic E-state index is 5.52. The molecule has 0 radical (unpaired) electrons. The Hall–Kier alpha value is -3.39. The van der Waals surface area contributed by atoms with Crippen LogP contribution < -0.4 is 0 Å². The monoisotopic (exact) mass is 387 g/mol. The normalized spacial score (nSPS) is 14.1. The molecule has 5 heterocycles. The molecule has 0 bridgehead atoms. The second-order valence-electron chi connectivity index (χ2n) is 7.32. The fourth-order valence-corrected chi connectivity index (χ4v) is 3.83. The molecule has 8 nitrogen and oxygen atoms in total. The second-order valence-corrected chi connectivity index (χ2v) is 7.32. The van der Waals surface area contributed by atoms with Gasteiger partial charge >= 0.3 is 0 Å². The lowest BCUT2D eigenvalue weighted by Crippen LogP contribution is -2.31. The topological polar surface area (TPSA) is 96.6 Å². The number of pyridine rings is 2. The molecular formula is C21H21N7O. The largest absolute Gasteiger partial charge is 0.348 e. The first-order chi connectivity index (χ1) is 14.2. The number of hydrogen-bond donors (Lipinski definition) is 1. The molecule has 1 aliphatic heterocycles. The number of aryl methyl sites for hydroxylation is 2. The van der Waals surface area contributed by atoms with Gasteiger partial charge in [0.05, 0.1) is 12.0 Å². The van der Waals surface area contributed by atoms with Crippen molar-refractivity contribution in [1.82, 2.24) is 35.0 Å². The van der Waals surface area contributed by atoms with Gasteiger partial charge in [-0.05, 0) is 43.5 Å². The van der Waals surface area contributed by atoms with Crippen LogP contribution in [0.2, 0.25) is 0 Å². The Morgan fingerprint density at radius 1 is 1.17 bits per heavy atom. The summed E-state index contributed by atoms with van der Waals surface area (Å²) >= 11 is 0. The maximum Gasteiger partial charge on any atom is 0.258 e. The van der Waals surface area contributed by atoms with E-state index in [1.165, 1.54) is 11.1 Å². The summed E-state index contributed by atoms with van der Waals surface area (Å²) in [6.07, 6.45) is 8.07. The molecule has 0 unspecified atom stereocenters. The first kappa shape index (κ1) is 17.7. The summed E-state index contributed by atoms with van der Waals surface area (Å²) in [6.45, 7) is 6.66. The molecule has 0 aromatic carbocycles. The van der Waals surface area contributed by atoms with E-state index in [0.717, 1.165) is 54.3 Å². The van der Waals surface area contributed by atoms with E-state index >= 15 is 0 Å². The Balaban J connectivity index is 1.45. The zero-order chi connectivity index (χ0) is 19.8. The third-order valence-electron chi connectivity index (χ3n) is 5.42. The van der Waals surface area contributed by atoms with Gasteiger partial charge < -0.3 is 9.51 Å². The van der Waals surface area contributed by atoms with E-state index in [-0.39, 0.29) is 0 Å². The van der Waals surface area contributed by atoms with Crippen molar-refractivity contribution in [3.8, 4) is 22.8 Å². The molecule has 0 saturated carbocycles. The Bertz CT molecular complexity index is 1150. The van der Waals surface area contributed by atoms with Crippen LogP contribution in [0.5, 0.6) is 0 Å². The lowest BCUT2D eigenvalue weighted by Gasteiger charge is -2.29. The van der Waals surface area contributed by atoms with E-state index in [9.17, 15) is 0 Å². The van der Waals surface area contributed by atoms with E-state index in [0.29, 0.717) is 11.7 Å². The van der Waals surface area contributed by atoms with Gasteiger partial charge in [0.2, 0.25) is 5.82 Å². The molecule has 0 aliphatic carbocycles. The minimum Gasteiger partial charge on any atom is -0.348 e. The smallest absolute Gasteiger partial charge is 0.258 e. The molecule has 146 valence electrons. The number of nitrogens with zero attached hydrogens (tertiary/aromatic N) is 6. The lowest BCUT2D eigenvalue weighted by molar-refractivity contribution is 0.242. The Kier molecular flexibility index (Phi) is 4.40. The fourth-order valence-electron chi connectivity index (χ4n) is 3.83. The van der Waals surface area contributed by atoms with E-state index in [4.69, 9.17) is 4.52 Å². The van der Waals surface area contributed by atoms with Gasteiger partial charge in [0.15, 0.2) is 0 Å². The van der Waals surface area contributed by atoms with Crippen molar-refractivity contribution in [3.05, 3.63) is 65.3 Å². The predicted molar refractivity (Wildman–Crippen MR) is 107 cm³/mol. The summed E-state index contributed by atoms with van der Waals surface area (Å²) in [5.41, 5.74) is 7.44. The minimum atomic E-state index is 0.492. The maximum absolute atomic E-state index is 5.52. The van der Waals surface area contributed by atoms with Gasteiger partial charge in [0.1, 0.15) is 0 Å². The molecule has 0 spiro atoms. The molecule has 4 aromatic rings. The van der Waals surface area contributed by atoms with Crippen molar-refractivity contribution < 1.29 is 4.52 Å². The van der Waals surface area contributed by atoms with Crippen LogP contribution in [-0.4, -0.2) is 41.5 Å². The highest BCUT2D eigenvalue weighted by Gasteiger charge is 2.25. The molecule has 0 fully saturated rings. The Morgan fingerprint density at radius 3 is 2.83 bits per heavy atom. The minimum absolute atomic E-state index is 0.492. The van der Waals surface area contributed by atoms with Crippen molar-refractivity contribution in [1.29, 1.82) is 0 Å². The summed E-state index contributed by atoms with van der Waals surface area (Å²) in [5, 5.41) is 4.25. The number of imidazole rings is 1. The predicted octanol–water partition coefficient (Wildman–Crippen LogP) is 3.09. The molecular weight excluding hydrogens is 366 g/mol. The quantitative estimate of drug-likeness (QED) is 0.575. The molecule has 4 aromatic heterocycles. The summed E-state index contributed by atoms with van der Waals surface area (Å²) in [4.78, 5) is 23.3. The van der Waals surface area contributed by atoms with E-state index in [1.54, 1.807) is 18.7 Å². The van der Waals surface area contributed by atoms with Crippen molar-refractivity contribution in [2.75, 3.05) is 6.54 Å². The Morgan fingerprint density at radius 2 is 2.03 bits per heavy atom. The summed E-state index contributed by atoms with van der Waals surface area (Å²) in [7, 11) is 0. The summed E-state index contributed by atoms with van der Waals surface area (Å²) in [6, 6.07) is 3.72. The molecule has 29 heavy (non-hydrogen) atoms. The van der Waals surface area contributed by atoms with Crippen LogP contribution in [0.25, 0.3) is 22.8 Å². The highest BCUT2D eigenvalue weighted by molar-refractivity contribution is 5.66. The van der Waals surface area contributed by atoms with Crippen molar-refractivity contribution >= 4 is 0 Å². The number of nitrogens with one attached hydrogen (secondary N) is 1. The SMILES string of the molecule is Cc1ncc2c(c1-c1noc(-c3ccncc3)n1)CCN(Cc1nc[nH]c1C)C2. The molecule has 8 heteroatoms. The van der Waals surface area contributed by atoms with Crippen LogP contribution in [0.15, 0.2) is 41.6 Å². The first-order valence-corrected chi connectivity index (χ1v) is 9.62. The third-order valence-corrected chi connectivity index (χ3v) is 5.42. The number of aromatic nitrogens is 6. The number of fused-ring (bicyclic) bond motifs is 1. The Labute approximate surface area is 168 Å². The molecule has 0 amide bonds. The molecule has 0 saturated heterocycles. The molecule has 0 atom stereocenters. The zero-order valence-corrected chi connectivity index (χ0v) is 16.4. The molecule has 1 N–H and O–H groups in total. The van der Waals surface area contributed by atoms with Crippen LogP contribution in [0, 0.1) is 13.8 Å². The number of H-pyrrole nitrogens is 1. The number of hydrogen-bond acceptors (Lipinski definition) is 7. The average Bonchev–Trinajstić information content (AvgIpc) is 3.38. The number of rotatable bonds is 4. The second kappa shape index (κ2) is 7.21. The van der Waals surface area contributed by atoms with E-state index in [1.807, 2.05) is 25.3 Å². The van der Waals surface area contributed by atoms with Crippen molar-refractivity contribution in [2.45, 2.75) is 33.4 Å². The highest BCUT2D eigenvalue weighted by atomic mass is 16.5. The van der Waals surface area contributed by atoms with Crippen LogP contribution in [0.4, 0.5) is 0 Å². The highest BCUT2D eigenvalue weighted by Crippen LogP contribution is 2.32. The van der Waals surface area contributed by atoms with Gasteiger partial charge in [-0.2, -0.15) is 4.98 Å². The average molecular weight is 387 g/mol. The molecule has 5 rings (SSSR count). The zero-order valence-electron chi connectivity index (χ0n) is 16.4. The van der Waals surface area contributed by atoms with Crippen LogP contribution in [0.3, 0.4) is 0 Å². The summed E-state index contributed by atoms with van der Waals surface area (Å²) < 4.78 is 5.52. The molecule has 1 aliphatic rings. The van der Waals surface area contributed by atoms with Gasteiger partial charge in [-0.1, -0.05) is 5.16 Å². The fraction of sp³-hybridized carbons (Fsp3) is 0.286. The summed E-state index contributed by atoms with van der Waals surface area (Å²) in [5.74, 6) is 1.08. The lowest BCUT2D eigenvalue weighted by atomic mass is 9.94. The van der Waals surface area contributed by atoms with Crippen LogP contribution >= 0.6 is 0 Å². The van der Waals surface area contributed by atoms with Gasteiger partial charge in [-0.25, -0.2) is 4.98 Å². The number of aromatic amines is 1. The van der Waals surface area contributed by atoms with Crippen molar-refractivity contribution in [2.24, 2.45) is 0 Å². The third kappa shape index (κ3) is 3.31. The van der Waals surface area contributed by atoms with Gasteiger partial charge in [-0.15, -0.1) is 0 Å². The van der Waals surface area contributed by atoms with E-state index in [2.05, 4.69) is 41.9 Å². The van der Waals surface area contributed by atoms with Gasteiger partial charge in [0, 0.05) is 60.7 Å². The van der Waals surface area contributed by atoms with Crippen molar-refractivity contribution in [3.63, 3.8) is 0 Å². The van der Waals surface area contributed by atoms with Crippen LogP contribution in [0.1, 0.15) is 28.2 Å². The van der Waals surface area contributed by atoms with Crippen LogP contribution in [-0.2, 0) is 19.5 Å². The van der Waals surface area contributed by atoms with Gasteiger partial charge in [0.25, 0.3) is 5.89 Å². The van der Waals surface area contributed by atoms with E-state index < -0.39 is 0 Å². The standard InChI is InChI=1S/C21H21N7O/c1-13-18(25-12-24-13)11-28-8-5-17-16(10-28)9-23-14(2)19(17)20-26-21(29-27-20)15-3-6-22-7-4-15/h3-4,6-7,9,12H,5,8,10-11H2,1-2H3,(H,24,25). The first-order valence-electron chi connectivity index (χ1n) is 9.62. The van der Waals surface area contributed by atoms with Gasteiger partial charge in [-0.3, -0.25) is 14.9 Å².